The highest BCUT2D eigenvalue weighted by molar-refractivity contribution is 7.92. The molecular formula is C16H18N2O6S. The Hall–Kier alpha value is -2.94. The van der Waals surface area contributed by atoms with Gasteiger partial charge in [-0.25, -0.2) is 8.42 Å². The van der Waals surface area contributed by atoms with Crippen molar-refractivity contribution in [3.63, 3.8) is 0 Å². The average molecular weight is 366 g/mol. The van der Waals surface area contributed by atoms with Crippen molar-refractivity contribution in [3.05, 3.63) is 42.5 Å². The maximum Gasteiger partial charge on any atom is 0.262 e. The fourth-order valence-electron chi connectivity index (χ4n) is 1.97. The van der Waals surface area contributed by atoms with Gasteiger partial charge in [0.2, 0.25) is 0 Å². The second kappa shape index (κ2) is 7.75. The van der Waals surface area contributed by atoms with Gasteiger partial charge in [-0.05, 0) is 36.4 Å². The van der Waals surface area contributed by atoms with Gasteiger partial charge in [-0.15, -0.1) is 0 Å². The molecule has 2 aromatic rings. The number of anilines is 1. The molecule has 134 valence electrons. The summed E-state index contributed by atoms with van der Waals surface area (Å²) in [6.45, 7) is -0.286. The van der Waals surface area contributed by atoms with E-state index in [4.69, 9.17) is 19.9 Å². The highest BCUT2D eigenvalue weighted by atomic mass is 32.2. The first-order valence-electron chi connectivity index (χ1n) is 7.11. The lowest BCUT2D eigenvalue weighted by Crippen LogP contribution is -2.20. The fourth-order valence-corrected chi connectivity index (χ4v) is 3.03. The molecule has 0 aliphatic rings. The standard InChI is InChI=1S/C16H18N2O6S/c1-22-12-5-8-15(23-2)14(9-12)18-25(20,21)13-6-3-11(4-7-13)24-10-16(17)19/h3-9,18H,10H2,1-2H3,(H2,17,19). The summed E-state index contributed by atoms with van der Waals surface area (Å²) in [5.74, 6) is 0.541. The molecule has 0 atom stereocenters. The smallest absolute Gasteiger partial charge is 0.262 e. The maximum atomic E-state index is 12.5. The molecule has 0 radical (unpaired) electrons. The van der Waals surface area contributed by atoms with E-state index >= 15 is 0 Å². The minimum atomic E-state index is -3.85. The number of carbonyl (C=O) groups is 1. The number of methoxy groups -OCH3 is 2. The molecule has 0 bridgehead atoms. The van der Waals surface area contributed by atoms with E-state index in [0.717, 1.165) is 0 Å². The third-order valence-electron chi connectivity index (χ3n) is 3.17. The molecule has 8 nitrogen and oxygen atoms in total. The summed E-state index contributed by atoms with van der Waals surface area (Å²) in [4.78, 5) is 10.7. The predicted molar refractivity (Wildman–Crippen MR) is 91.5 cm³/mol. The Balaban J connectivity index is 2.23. The van der Waals surface area contributed by atoms with Crippen LogP contribution >= 0.6 is 0 Å². The first-order chi connectivity index (χ1) is 11.9. The van der Waals surface area contributed by atoms with E-state index in [1.54, 1.807) is 12.1 Å². The van der Waals surface area contributed by atoms with Gasteiger partial charge < -0.3 is 19.9 Å². The summed E-state index contributed by atoms with van der Waals surface area (Å²) >= 11 is 0. The maximum absolute atomic E-state index is 12.5. The third-order valence-corrected chi connectivity index (χ3v) is 4.55. The van der Waals surface area contributed by atoms with Gasteiger partial charge in [0, 0.05) is 6.07 Å². The minimum absolute atomic E-state index is 0.0174. The lowest BCUT2D eigenvalue weighted by Gasteiger charge is -2.13. The summed E-state index contributed by atoms with van der Waals surface area (Å²) in [6, 6.07) is 10.3. The van der Waals surface area contributed by atoms with E-state index in [9.17, 15) is 13.2 Å². The zero-order valence-electron chi connectivity index (χ0n) is 13.7. The predicted octanol–water partition coefficient (Wildman–Crippen LogP) is 1.37. The van der Waals surface area contributed by atoms with Gasteiger partial charge in [-0.3, -0.25) is 9.52 Å². The molecule has 1 amide bonds. The topological polar surface area (TPSA) is 117 Å². The molecule has 0 aliphatic heterocycles. The average Bonchev–Trinajstić information content (AvgIpc) is 2.60. The number of nitrogens with two attached hydrogens (primary N) is 1. The monoisotopic (exact) mass is 366 g/mol. The number of sulfonamides is 1. The molecule has 2 rings (SSSR count). The van der Waals surface area contributed by atoms with E-state index in [-0.39, 0.29) is 17.2 Å². The van der Waals surface area contributed by atoms with Crippen molar-refractivity contribution in [1.82, 2.24) is 0 Å². The molecule has 0 heterocycles. The molecular weight excluding hydrogens is 348 g/mol. The van der Waals surface area contributed by atoms with Crippen molar-refractivity contribution in [2.24, 2.45) is 5.73 Å². The number of carbonyl (C=O) groups excluding carboxylic acids is 1. The largest absolute Gasteiger partial charge is 0.497 e. The third kappa shape index (κ3) is 4.77. The van der Waals surface area contributed by atoms with Gasteiger partial charge in [-0.2, -0.15) is 0 Å². The van der Waals surface area contributed by atoms with E-state index < -0.39 is 15.9 Å². The van der Waals surface area contributed by atoms with Crippen LogP contribution in [0.1, 0.15) is 0 Å². The van der Waals surface area contributed by atoms with E-state index in [0.29, 0.717) is 17.2 Å². The van der Waals surface area contributed by atoms with Crippen LogP contribution in [0.2, 0.25) is 0 Å². The molecule has 3 N–H and O–H groups in total. The van der Waals surface area contributed by atoms with Gasteiger partial charge in [-0.1, -0.05) is 0 Å². The zero-order valence-corrected chi connectivity index (χ0v) is 14.5. The van der Waals surface area contributed by atoms with E-state index in [2.05, 4.69) is 4.72 Å². The number of ether oxygens (including phenoxy) is 3. The summed E-state index contributed by atoms with van der Waals surface area (Å²) in [7, 11) is -0.940. The van der Waals surface area contributed by atoms with Crippen LogP contribution < -0.4 is 24.7 Å². The zero-order chi connectivity index (χ0) is 18.4. The highest BCUT2D eigenvalue weighted by Crippen LogP contribution is 2.31. The number of benzene rings is 2. The molecule has 25 heavy (non-hydrogen) atoms. The molecule has 0 fully saturated rings. The summed E-state index contributed by atoms with van der Waals surface area (Å²) in [5, 5.41) is 0. The van der Waals surface area contributed by atoms with Crippen LogP contribution in [0.3, 0.4) is 0 Å². The number of rotatable bonds is 8. The Kier molecular flexibility index (Phi) is 5.71. The highest BCUT2D eigenvalue weighted by Gasteiger charge is 2.17. The van der Waals surface area contributed by atoms with Crippen molar-refractivity contribution in [1.29, 1.82) is 0 Å². The quantitative estimate of drug-likeness (QED) is 0.729. The van der Waals surface area contributed by atoms with Crippen LogP contribution in [-0.2, 0) is 14.8 Å². The van der Waals surface area contributed by atoms with Crippen molar-refractivity contribution in [2.75, 3.05) is 25.5 Å². The molecule has 9 heteroatoms. The van der Waals surface area contributed by atoms with Crippen LogP contribution in [0.25, 0.3) is 0 Å². The lowest BCUT2D eigenvalue weighted by molar-refractivity contribution is -0.119. The van der Waals surface area contributed by atoms with Gasteiger partial charge in [0.1, 0.15) is 17.2 Å². The van der Waals surface area contributed by atoms with Gasteiger partial charge in [0.05, 0.1) is 24.8 Å². The Morgan fingerprint density at radius 3 is 2.24 bits per heavy atom. The Labute approximate surface area is 145 Å². The number of nitrogens with one attached hydrogen (secondary N) is 1. The Morgan fingerprint density at radius 2 is 1.68 bits per heavy atom. The number of primary amides is 1. The van der Waals surface area contributed by atoms with Crippen molar-refractivity contribution in [3.8, 4) is 17.2 Å². The normalized spacial score (nSPS) is 10.8. The van der Waals surface area contributed by atoms with Gasteiger partial charge in [0.15, 0.2) is 6.61 Å². The Bertz CT molecular complexity index is 849. The first kappa shape index (κ1) is 18.4. The molecule has 0 saturated heterocycles. The first-order valence-corrected chi connectivity index (χ1v) is 8.60. The SMILES string of the molecule is COc1ccc(OC)c(NS(=O)(=O)c2ccc(OCC(N)=O)cc2)c1. The lowest BCUT2D eigenvalue weighted by atomic mass is 10.3. The number of hydrogen-bond acceptors (Lipinski definition) is 6. The Morgan fingerprint density at radius 1 is 1.04 bits per heavy atom. The van der Waals surface area contributed by atoms with Crippen LogP contribution in [0.4, 0.5) is 5.69 Å². The number of amides is 1. The van der Waals surface area contributed by atoms with Crippen molar-refractivity contribution >= 4 is 21.6 Å². The van der Waals surface area contributed by atoms with Gasteiger partial charge in [0.25, 0.3) is 15.9 Å². The molecule has 0 aliphatic carbocycles. The molecule has 0 spiro atoms. The summed E-state index contributed by atoms with van der Waals surface area (Å²) < 4.78 is 42.8. The van der Waals surface area contributed by atoms with Crippen molar-refractivity contribution < 1.29 is 27.4 Å². The molecule has 0 aromatic heterocycles. The summed E-state index contributed by atoms with van der Waals surface area (Å²) in [6.07, 6.45) is 0. The van der Waals surface area contributed by atoms with Crippen LogP contribution in [0.15, 0.2) is 47.4 Å². The molecule has 0 saturated carbocycles. The van der Waals surface area contributed by atoms with Crippen LogP contribution in [0, 0.1) is 0 Å². The number of hydrogen-bond donors (Lipinski definition) is 2. The van der Waals surface area contributed by atoms with E-state index in [1.807, 2.05) is 0 Å². The second-order valence-corrected chi connectivity index (χ2v) is 6.58. The second-order valence-electron chi connectivity index (χ2n) is 4.90. The van der Waals surface area contributed by atoms with E-state index in [1.165, 1.54) is 44.6 Å². The molecule has 0 unspecified atom stereocenters. The van der Waals surface area contributed by atoms with Crippen LogP contribution in [-0.4, -0.2) is 35.2 Å². The van der Waals surface area contributed by atoms with Crippen LogP contribution in [0.5, 0.6) is 17.2 Å². The fraction of sp³-hybridized carbons (Fsp3) is 0.188. The summed E-state index contributed by atoms with van der Waals surface area (Å²) in [5.41, 5.74) is 5.23. The minimum Gasteiger partial charge on any atom is -0.497 e. The van der Waals surface area contributed by atoms with Gasteiger partial charge >= 0.3 is 0 Å². The van der Waals surface area contributed by atoms with Crippen molar-refractivity contribution in [2.45, 2.75) is 4.90 Å². The molecule has 2 aromatic carbocycles.